The summed E-state index contributed by atoms with van der Waals surface area (Å²) >= 11 is 1.86. The van der Waals surface area contributed by atoms with Crippen LogP contribution in [0.5, 0.6) is 11.6 Å². The maximum Gasteiger partial charge on any atom is 0.213 e. The van der Waals surface area contributed by atoms with E-state index in [1.165, 1.54) is 5.56 Å². The van der Waals surface area contributed by atoms with Crippen LogP contribution in [-0.4, -0.2) is 48.5 Å². The van der Waals surface area contributed by atoms with Crippen LogP contribution in [0, 0.1) is 0 Å². The van der Waals surface area contributed by atoms with Crippen molar-refractivity contribution in [2.45, 2.75) is 90.0 Å². The van der Waals surface area contributed by atoms with E-state index in [-0.39, 0.29) is 16.4 Å². The van der Waals surface area contributed by atoms with Gasteiger partial charge in [-0.25, -0.2) is 4.98 Å². The molecule has 0 amide bonds. The number of pyridine rings is 1. The summed E-state index contributed by atoms with van der Waals surface area (Å²) in [4.78, 5) is 4.66. The van der Waals surface area contributed by atoms with Crippen molar-refractivity contribution >= 4 is 11.8 Å². The van der Waals surface area contributed by atoms with Crippen molar-refractivity contribution in [3.8, 4) is 11.6 Å². The Morgan fingerprint density at radius 2 is 1.58 bits per heavy atom. The summed E-state index contributed by atoms with van der Waals surface area (Å²) in [6, 6.07) is 14.6. The van der Waals surface area contributed by atoms with Crippen LogP contribution >= 0.6 is 11.8 Å². The number of ether oxygens (including phenoxy) is 2. The van der Waals surface area contributed by atoms with Gasteiger partial charge >= 0.3 is 0 Å². The van der Waals surface area contributed by atoms with Crippen molar-refractivity contribution in [1.82, 2.24) is 15.6 Å². The number of hydrogen-bond acceptors (Lipinski definition) is 6. The van der Waals surface area contributed by atoms with E-state index >= 15 is 0 Å². The van der Waals surface area contributed by atoms with Crippen LogP contribution in [0.2, 0.25) is 0 Å². The lowest BCUT2D eigenvalue weighted by Crippen LogP contribution is -2.38. The summed E-state index contributed by atoms with van der Waals surface area (Å²) in [7, 11) is 0. The first kappa shape index (κ1) is 30.5. The molecule has 36 heavy (non-hydrogen) atoms. The highest BCUT2D eigenvalue weighted by atomic mass is 32.2. The van der Waals surface area contributed by atoms with Crippen LogP contribution in [0.1, 0.15) is 79.5 Å². The Balaban J connectivity index is 1.80. The Kier molecular flexibility index (Phi) is 11.6. The smallest absolute Gasteiger partial charge is 0.213 e. The molecule has 2 N–H and O–H groups in total. The molecule has 0 bridgehead atoms. The number of rotatable bonds is 14. The molecule has 1 aromatic carbocycles. The minimum absolute atomic E-state index is 0.0173. The molecule has 2 aromatic rings. The minimum Gasteiger partial charge on any atom is -0.492 e. The SMILES string of the molecule is CSC(CCC(C)(C)c1cccc(OCCNC(C)(C)C)c1)NCCOc1cccc(C(C)(C)C)n1. The van der Waals surface area contributed by atoms with Gasteiger partial charge in [-0.05, 0) is 69.0 Å². The van der Waals surface area contributed by atoms with E-state index in [9.17, 15) is 0 Å². The Morgan fingerprint density at radius 1 is 0.889 bits per heavy atom. The fourth-order valence-electron chi connectivity index (χ4n) is 3.83. The molecule has 0 aliphatic rings. The molecule has 0 aliphatic carbocycles. The summed E-state index contributed by atoms with van der Waals surface area (Å²) < 4.78 is 11.9. The highest BCUT2D eigenvalue weighted by Crippen LogP contribution is 2.32. The second-order valence-corrected chi connectivity index (χ2v) is 13.2. The van der Waals surface area contributed by atoms with Crippen molar-refractivity contribution in [2.24, 2.45) is 0 Å². The third kappa shape index (κ3) is 11.1. The number of nitrogens with zero attached hydrogens (tertiary/aromatic N) is 1. The molecule has 1 atom stereocenters. The predicted molar refractivity (Wildman–Crippen MR) is 156 cm³/mol. The zero-order chi connectivity index (χ0) is 26.8. The van der Waals surface area contributed by atoms with Gasteiger partial charge in [0.1, 0.15) is 19.0 Å². The zero-order valence-corrected chi connectivity index (χ0v) is 24.8. The quantitative estimate of drug-likeness (QED) is 0.219. The van der Waals surface area contributed by atoms with Gasteiger partial charge in [-0.2, -0.15) is 0 Å². The highest BCUT2D eigenvalue weighted by Gasteiger charge is 2.23. The molecule has 2 rings (SSSR count). The van der Waals surface area contributed by atoms with E-state index in [1.807, 2.05) is 23.9 Å². The molecular weight excluding hydrogens is 466 g/mol. The molecule has 0 radical (unpaired) electrons. The van der Waals surface area contributed by atoms with Crippen molar-refractivity contribution in [3.05, 3.63) is 53.7 Å². The maximum atomic E-state index is 6.01. The Bertz CT molecular complexity index is 919. The molecule has 1 heterocycles. The summed E-state index contributed by atoms with van der Waals surface area (Å²) in [5.74, 6) is 1.64. The van der Waals surface area contributed by atoms with E-state index in [1.54, 1.807) is 0 Å². The summed E-state index contributed by atoms with van der Waals surface area (Å²) in [6.07, 6.45) is 4.32. The topological polar surface area (TPSA) is 55.4 Å². The molecule has 6 heteroatoms. The first-order chi connectivity index (χ1) is 16.8. The van der Waals surface area contributed by atoms with Gasteiger partial charge in [-0.3, -0.25) is 0 Å². The largest absolute Gasteiger partial charge is 0.492 e. The van der Waals surface area contributed by atoms with Gasteiger partial charge in [0.15, 0.2) is 0 Å². The van der Waals surface area contributed by atoms with Gasteiger partial charge in [0.25, 0.3) is 0 Å². The predicted octanol–water partition coefficient (Wildman–Crippen LogP) is 6.56. The molecule has 0 spiro atoms. The number of nitrogens with one attached hydrogen (secondary N) is 2. The fourth-order valence-corrected chi connectivity index (χ4v) is 4.47. The van der Waals surface area contributed by atoms with Crippen LogP contribution in [0.15, 0.2) is 42.5 Å². The van der Waals surface area contributed by atoms with Crippen molar-refractivity contribution < 1.29 is 9.47 Å². The maximum absolute atomic E-state index is 6.01. The van der Waals surface area contributed by atoms with Gasteiger partial charge < -0.3 is 20.1 Å². The molecular formula is C30H49N3O2S. The van der Waals surface area contributed by atoms with Crippen LogP contribution in [-0.2, 0) is 10.8 Å². The van der Waals surface area contributed by atoms with Gasteiger partial charge in [0, 0.05) is 35.8 Å². The molecule has 0 saturated carbocycles. The summed E-state index contributed by atoms with van der Waals surface area (Å²) in [5, 5.41) is 7.49. The fraction of sp³-hybridized carbons (Fsp3) is 0.633. The summed E-state index contributed by atoms with van der Waals surface area (Å²) in [5.41, 5.74) is 2.55. The number of benzene rings is 1. The molecule has 5 nitrogen and oxygen atoms in total. The first-order valence-corrected chi connectivity index (χ1v) is 14.4. The standard InChI is InChI=1S/C30H49N3O2S/c1-28(2,3)25-14-11-15-26(33-25)35-20-18-31-27(36-9)16-17-30(7,8)23-12-10-13-24(22-23)34-21-19-32-29(4,5)6/h10-15,22,27,31-32H,16-21H2,1-9H3. The van der Waals surface area contributed by atoms with E-state index in [0.29, 0.717) is 24.5 Å². The monoisotopic (exact) mass is 515 g/mol. The second kappa shape index (κ2) is 13.7. The molecule has 0 fully saturated rings. The van der Waals surface area contributed by atoms with E-state index in [4.69, 9.17) is 9.47 Å². The van der Waals surface area contributed by atoms with Crippen LogP contribution in [0.3, 0.4) is 0 Å². The van der Waals surface area contributed by atoms with Gasteiger partial charge in [-0.15, -0.1) is 11.8 Å². The van der Waals surface area contributed by atoms with E-state index < -0.39 is 0 Å². The van der Waals surface area contributed by atoms with Crippen molar-refractivity contribution in [1.29, 1.82) is 0 Å². The second-order valence-electron chi connectivity index (χ2n) is 12.1. The lowest BCUT2D eigenvalue weighted by Gasteiger charge is -2.28. The van der Waals surface area contributed by atoms with Crippen molar-refractivity contribution in [3.63, 3.8) is 0 Å². The van der Waals surface area contributed by atoms with E-state index in [2.05, 4.69) is 108 Å². The Labute approximate surface area is 224 Å². The van der Waals surface area contributed by atoms with E-state index in [0.717, 1.165) is 37.4 Å². The molecule has 0 aliphatic heterocycles. The minimum atomic E-state index is 0.0173. The average Bonchev–Trinajstić information content (AvgIpc) is 2.80. The molecule has 0 saturated heterocycles. The van der Waals surface area contributed by atoms with Crippen LogP contribution in [0.4, 0.5) is 0 Å². The number of thioether (sulfide) groups is 1. The van der Waals surface area contributed by atoms with Gasteiger partial charge in [0.05, 0.1) is 5.37 Å². The van der Waals surface area contributed by atoms with Gasteiger partial charge in [-0.1, -0.05) is 52.8 Å². The Morgan fingerprint density at radius 3 is 2.25 bits per heavy atom. The number of aromatic nitrogens is 1. The molecule has 1 unspecified atom stereocenters. The zero-order valence-electron chi connectivity index (χ0n) is 24.0. The van der Waals surface area contributed by atoms with Crippen molar-refractivity contribution in [2.75, 3.05) is 32.6 Å². The number of hydrogen-bond donors (Lipinski definition) is 2. The normalized spacial score (nSPS) is 13.5. The van der Waals surface area contributed by atoms with Gasteiger partial charge in [0.2, 0.25) is 5.88 Å². The molecule has 1 aromatic heterocycles. The average molecular weight is 516 g/mol. The lowest BCUT2D eigenvalue weighted by molar-refractivity contribution is 0.290. The van der Waals surface area contributed by atoms with Crippen LogP contribution < -0.4 is 20.1 Å². The Hall–Kier alpha value is -1.76. The third-order valence-corrected chi connectivity index (χ3v) is 7.15. The summed E-state index contributed by atoms with van der Waals surface area (Å²) in [6.45, 7) is 20.5. The molecule has 202 valence electrons. The lowest BCUT2D eigenvalue weighted by atomic mass is 9.80. The van der Waals surface area contributed by atoms with Crippen LogP contribution in [0.25, 0.3) is 0 Å². The highest BCUT2D eigenvalue weighted by molar-refractivity contribution is 7.99. The first-order valence-electron chi connectivity index (χ1n) is 13.1. The third-order valence-electron chi connectivity index (χ3n) is 6.17.